The molecule has 0 aliphatic carbocycles. The van der Waals surface area contributed by atoms with Crippen LogP contribution < -0.4 is 14.8 Å². The lowest BCUT2D eigenvalue weighted by Crippen LogP contribution is -2.38. The summed E-state index contributed by atoms with van der Waals surface area (Å²) in [6.45, 7) is 2.03. The Morgan fingerprint density at radius 3 is 2.68 bits per heavy atom. The van der Waals surface area contributed by atoms with E-state index in [4.69, 9.17) is 14.2 Å². The third-order valence-electron chi connectivity index (χ3n) is 4.16. The van der Waals surface area contributed by atoms with Gasteiger partial charge in [0.1, 0.15) is 12.2 Å². The Morgan fingerprint density at radius 1 is 1.36 bits per heavy atom. The number of carbonyl (C=O) groups excluding carboxylic acids is 1. The van der Waals surface area contributed by atoms with Gasteiger partial charge in [-0.1, -0.05) is 0 Å². The molecule has 1 atom stereocenters. The Bertz CT molecular complexity index is 631. The quantitative estimate of drug-likeness (QED) is 0.423. The van der Waals surface area contributed by atoms with E-state index < -0.39 is 10.8 Å². The monoisotopic (exact) mass is 353 g/mol. The van der Waals surface area contributed by atoms with Gasteiger partial charge < -0.3 is 24.4 Å². The number of likely N-dealkylation sites (N-methyl/N-ethyl adjacent to an activating group) is 1. The van der Waals surface area contributed by atoms with Crippen molar-refractivity contribution in [3.05, 3.63) is 27.8 Å². The van der Waals surface area contributed by atoms with E-state index in [1.165, 1.54) is 31.3 Å². The Hall–Kier alpha value is -2.39. The van der Waals surface area contributed by atoms with Gasteiger partial charge in [0.15, 0.2) is 11.5 Å². The number of hydrogen-bond acceptors (Lipinski definition) is 7. The molecule has 9 nitrogen and oxygen atoms in total. The van der Waals surface area contributed by atoms with E-state index in [9.17, 15) is 14.9 Å². The predicted molar refractivity (Wildman–Crippen MR) is 90.4 cm³/mol. The Balaban J connectivity index is 2.35. The van der Waals surface area contributed by atoms with E-state index in [1.54, 1.807) is 7.05 Å². The number of carbonyl (C=O) groups is 1. The highest BCUT2D eigenvalue weighted by Gasteiger charge is 2.30. The van der Waals surface area contributed by atoms with Crippen molar-refractivity contribution >= 4 is 11.6 Å². The van der Waals surface area contributed by atoms with Gasteiger partial charge in [0.05, 0.1) is 24.7 Å². The third-order valence-corrected chi connectivity index (χ3v) is 4.16. The molecule has 1 N–H and O–H groups in total. The van der Waals surface area contributed by atoms with Gasteiger partial charge in [-0.3, -0.25) is 14.9 Å². The highest BCUT2D eigenvalue weighted by Crippen LogP contribution is 2.35. The Morgan fingerprint density at radius 2 is 2.12 bits per heavy atom. The van der Waals surface area contributed by atoms with Gasteiger partial charge in [0, 0.05) is 32.8 Å². The fourth-order valence-electron chi connectivity index (χ4n) is 2.70. The number of nitro benzene ring substituents is 1. The average molecular weight is 353 g/mol. The maximum absolute atomic E-state index is 12.8. The van der Waals surface area contributed by atoms with Gasteiger partial charge in [-0.05, 0) is 13.0 Å². The molecule has 2 rings (SSSR count). The lowest BCUT2D eigenvalue weighted by Gasteiger charge is -2.24. The summed E-state index contributed by atoms with van der Waals surface area (Å²) in [4.78, 5) is 25.2. The number of amides is 1. The van der Waals surface area contributed by atoms with E-state index in [0.717, 1.165) is 13.0 Å². The fourth-order valence-corrected chi connectivity index (χ4v) is 2.70. The second kappa shape index (κ2) is 8.63. The van der Waals surface area contributed by atoms with Crippen LogP contribution in [0.1, 0.15) is 16.8 Å². The molecule has 1 heterocycles. The topological polar surface area (TPSA) is 103 Å². The second-order valence-electron chi connectivity index (χ2n) is 5.68. The zero-order valence-corrected chi connectivity index (χ0v) is 14.6. The minimum absolute atomic E-state index is 0.00993. The summed E-state index contributed by atoms with van der Waals surface area (Å²) in [5.74, 6) is 0.0538. The molecule has 9 heteroatoms. The molecule has 1 saturated heterocycles. The predicted octanol–water partition coefficient (Wildman–Crippen LogP) is 1.06. The molecule has 1 aliphatic rings. The van der Waals surface area contributed by atoms with Crippen molar-refractivity contribution in [2.45, 2.75) is 12.5 Å². The van der Waals surface area contributed by atoms with Crippen LogP contribution in [0.2, 0.25) is 0 Å². The van der Waals surface area contributed by atoms with Crippen molar-refractivity contribution in [3.63, 3.8) is 0 Å². The minimum Gasteiger partial charge on any atom is -0.493 e. The SMILES string of the molecule is COCCOc1cc([N+](=O)[O-])c(C(=O)N(C)C2CCNC2)cc1OC. The van der Waals surface area contributed by atoms with E-state index in [2.05, 4.69) is 5.32 Å². The number of ether oxygens (including phenoxy) is 3. The molecule has 1 amide bonds. The molecule has 0 bridgehead atoms. The molecule has 138 valence electrons. The standard InChI is InChI=1S/C16H23N3O6/c1-18(11-4-5-17-10-11)16(20)12-8-14(24-3)15(25-7-6-23-2)9-13(12)19(21)22/h8-9,11,17H,4-7,10H2,1-3H3. The summed E-state index contributed by atoms with van der Waals surface area (Å²) in [6, 6.07) is 2.60. The van der Waals surface area contributed by atoms with E-state index in [-0.39, 0.29) is 35.4 Å². The fraction of sp³-hybridized carbons (Fsp3) is 0.562. The first-order chi connectivity index (χ1) is 12.0. The zero-order valence-electron chi connectivity index (χ0n) is 14.6. The highest BCUT2D eigenvalue weighted by molar-refractivity contribution is 5.99. The van der Waals surface area contributed by atoms with E-state index in [0.29, 0.717) is 13.2 Å². The molecule has 1 fully saturated rings. The second-order valence-corrected chi connectivity index (χ2v) is 5.68. The number of nitro groups is 1. The summed E-state index contributed by atoms with van der Waals surface area (Å²) in [5.41, 5.74) is -0.327. The summed E-state index contributed by atoms with van der Waals surface area (Å²) >= 11 is 0. The molecule has 1 aliphatic heterocycles. The molecule has 0 aromatic heterocycles. The molecular formula is C16H23N3O6. The van der Waals surface area contributed by atoms with Crippen LogP contribution in [0.4, 0.5) is 5.69 Å². The molecule has 0 radical (unpaired) electrons. The van der Waals surface area contributed by atoms with Crippen LogP contribution in [-0.2, 0) is 4.74 Å². The van der Waals surface area contributed by atoms with Gasteiger partial charge in [-0.25, -0.2) is 0 Å². The number of nitrogens with zero attached hydrogens (tertiary/aromatic N) is 2. The number of benzene rings is 1. The van der Waals surface area contributed by atoms with Gasteiger partial charge in [0.2, 0.25) is 0 Å². The van der Waals surface area contributed by atoms with Crippen molar-refractivity contribution in [2.24, 2.45) is 0 Å². The number of hydrogen-bond donors (Lipinski definition) is 1. The van der Waals surface area contributed by atoms with E-state index in [1.807, 2.05) is 0 Å². The normalized spacial score (nSPS) is 16.5. The van der Waals surface area contributed by atoms with Crippen LogP contribution in [0.15, 0.2) is 12.1 Å². The van der Waals surface area contributed by atoms with Crippen molar-refractivity contribution in [1.82, 2.24) is 10.2 Å². The molecule has 0 saturated carbocycles. The smallest absolute Gasteiger partial charge is 0.286 e. The molecule has 1 aromatic carbocycles. The van der Waals surface area contributed by atoms with Crippen molar-refractivity contribution in [3.8, 4) is 11.5 Å². The highest BCUT2D eigenvalue weighted by atomic mass is 16.6. The van der Waals surface area contributed by atoms with Crippen LogP contribution in [0.25, 0.3) is 0 Å². The van der Waals surface area contributed by atoms with E-state index >= 15 is 0 Å². The Kier molecular flexibility index (Phi) is 6.54. The Labute approximate surface area is 146 Å². The maximum atomic E-state index is 12.8. The van der Waals surface area contributed by atoms with Crippen LogP contribution in [0.3, 0.4) is 0 Å². The van der Waals surface area contributed by atoms with Gasteiger partial charge in [-0.15, -0.1) is 0 Å². The van der Waals surface area contributed by atoms with Crippen molar-refractivity contribution < 1.29 is 23.9 Å². The zero-order chi connectivity index (χ0) is 18.4. The summed E-state index contributed by atoms with van der Waals surface area (Å²) in [5, 5.41) is 14.6. The molecular weight excluding hydrogens is 330 g/mol. The average Bonchev–Trinajstić information content (AvgIpc) is 3.14. The lowest BCUT2D eigenvalue weighted by atomic mass is 10.1. The van der Waals surface area contributed by atoms with Crippen LogP contribution in [0.5, 0.6) is 11.5 Å². The van der Waals surface area contributed by atoms with Crippen LogP contribution >= 0.6 is 0 Å². The summed E-state index contributed by atoms with van der Waals surface area (Å²) in [7, 11) is 4.60. The molecule has 1 unspecified atom stereocenters. The summed E-state index contributed by atoms with van der Waals surface area (Å²) in [6.07, 6.45) is 0.811. The number of methoxy groups -OCH3 is 2. The number of rotatable bonds is 8. The van der Waals surface area contributed by atoms with Gasteiger partial charge in [-0.2, -0.15) is 0 Å². The largest absolute Gasteiger partial charge is 0.493 e. The molecule has 0 spiro atoms. The molecule has 25 heavy (non-hydrogen) atoms. The van der Waals surface area contributed by atoms with Crippen LogP contribution in [-0.4, -0.2) is 69.3 Å². The number of nitrogens with one attached hydrogen (secondary N) is 1. The van der Waals surface area contributed by atoms with Crippen LogP contribution in [0, 0.1) is 10.1 Å². The van der Waals surface area contributed by atoms with Gasteiger partial charge in [0.25, 0.3) is 11.6 Å². The van der Waals surface area contributed by atoms with Crippen molar-refractivity contribution in [2.75, 3.05) is 47.6 Å². The third kappa shape index (κ3) is 4.37. The maximum Gasteiger partial charge on any atom is 0.286 e. The van der Waals surface area contributed by atoms with Gasteiger partial charge >= 0.3 is 0 Å². The lowest BCUT2D eigenvalue weighted by molar-refractivity contribution is -0.385. The first-order valence-corrected chi connectivity index (χ1v) is 7.95. The summed E-state index contributed by atoms with van der Waals surface area (Å²) < 4.78 is 15.6. The first kappa shape index (κ1) is 18.9. The van der Waals surface area contributed by atoms with Crippen molar-refractivity contribution in [1.29, 1.82) is 0 Å². The first-order valence-electron chi connectivity index (χ1n) is 7.95. The molecule has 1 aromatic rings. The minimum atomic E-state index is -0.587.